The summed E-state index contributed by atoms with van der Waals surface area (Å²) < 4.78 is 7.23. The predicted molar refractivity (Wildman–Crippen MR) is 74.8 cm³/mol. The number of aromatic nitrogens is 2. The van der Waals surface area contributed by atoms with E-state index in [0.29, 0.717) is 17.5 Å². The number of carbonyl (C=O) groups excluding carboxylic acids is 1. The largest absolute Gasteiger partial charge is 0.456 e. The van der Waals surface area contributed by atoms with E-state index in [1.54, 1.807) is 18.3 Å². The van der Waals surface area contributed by atoms with Gasteiger partial charge in [-0.2, -0.15) is 5.10 Å². The van der Waals surface area contributed by atoms with Crippen LogP contribution in [0.4, 0.5) is 5.69 Å². The third-order valence-electron chi connectivity index (χ3n) is 3.51. The molecular formula is C14H18N4O2. The second kappa shape index (κ2) is 5.50. The number of nitrogens with one attached hydrogen (secondary N) is 2. The molecule has 0 spiro atoms. The highest BCUT2D eigenvalue weighted by Gasteiger charge is 2.17. The molecule has 0 radical (unpaired) electrons. The Kier molecular flexibility index (Phi) is 3.56. The summed E-state index contributed by atoms with van der Waals surface area (Å²) in [7, 11) is 0. The van der Waals surface area contributed by atoms with Crippen LogP contribution < -0.4 is 10.6 Å². The van der Waals surface area contributed by atoms with Crippen LogP contribution in [0.1, 0.15) is 35.2 Å². The Hall–Kier alpha value is -2.08. The molecule has 3 rings (SSSR count). The predicted octanol–water partition coefficient (Wildman–Crippen LogP) is 1.96. The van der Waals surface area contributed by atoms with Gasteiger partial charge in [0, 0.05) is 6.20 Å². The number of furan rings is 1. The lowest BCUT2D eigenvalue weighted by molar-refractivity contribution is 0.0995. The summed E-state index contributed by atoms with van der Waals surface area (Å²) >= 11 is 0. The molecule has 1 fully saturated rings. The number of hydrogen-bond donors (Lipinski definition) is 2. The fraction of sp³-hybridized carbons (Fsp3) is 0.429. The van der Waals surface area contributed by atoms with Gasteiger partial charge in [0.2, 0.25) is 0 Å². The number of aryl methyl sites for hydroxylation is 1. The normalized spacial score (nSPS) is 16.2. The van der Waals surface area contributed by atoms with Crippen LogP contribution in [0.15, 0.2) is 28.9 Å². The zero-order valence-corrected chi connectivity index (χ0v) is 11.4. The number of nitrogens with zero attached hydrogens (tertiary/aromatic N) is 2. The van der Waals surface area contributed by atoms with E-state index in [9.17, 15) is 4.79 Å². The zero-order chi connectivity index (χ0) is 13.9. The smallest absolute Gasteiger partial charge is 0.291 e. The van der Waals surface area contributed by atoms with Gasteiger partial charge in [-0.15, -0.1) is 0 Å². The molecule has 2 aromatic heterocycles. The topological polar surface area (TPSA) is 72.1 Å². The molecule has 0 aromatic carbocycles. The van der Waals surface area contributed by atoms with E-state index in [1.807, 2.05) is 17.8 Å². The van der Waals surface area contributed by atoms with Gasteiger partial charge in [-0.1, -0.05) is 0 Å². The molecule has 2 aromatic rings. The van der Waals surface area contributed by atoms with Crippen molar-refractivity contribution in [2.45, 2.75) is 25.8 Å². The second-order valence-electron chi connectivity index (χ2n) is 5.05. The average molecular weight is 274 g/mol. The summed E-state index contributed by atoms with van der Waals surface area (Å²) in [6.07, 6.45) is 5.68. The van der Waals surface area contributed by atoms with Crippen molar-refractivity contribution in [3.63, 3.8) is 0 Å². The summed E-state index contributed by atoms with van der Waals surface area (Å²) in [6.45, 7) is 3.84. The molecule has 6 heteroatoms. The fourth-order valence-corrected chi connectivity index (χ4v) is 2.42. The Morgan fingerprint density at radius 1 is 1.45 bits per heavy atom. The lowest BCUT2D eigenvalue weighted by Gasteiger charge is -2.22. The van der Waals surface area contributed by atoms with Gasteiger partial charge < -0.3 is 15.1 Å². The van der Waals surface area contributed by atoms with Gasteiger partial charge in [0.15, 0.2) is 5.76 Å². The maximum atomic E-state index is 12.0. The van der Waals surface area contributed by atoms with E-state index in [4.69, 9.17) is 4.42 Å². The van der Waals surface area contributed by atoms with E-state index in [-0.39, 0.29) is 5.91 Å². The monoisotopic (exact) mass is 274 g/mol. The van der Waals surface area contributed by atoms with Crippen LogP contribution in [-0.2, 0) is 0 Å². The van der Waals surface area contributed by atoms with Gasteiger partial charge >= 0.3 is 0 Å². The molecular weight excluding hydrogens is 256 g/mol. The number of piperidine rings is 1. The maximum Gasteiger partial charge on any atom is 0.291 e. The highest BCUT2D eigenvalue weighted by Crippen LogP contribution is 2.20. The third-order valence-corrected chi connectivity index (χ3v) is 3.51. The molecule has 0 saturated carbocycles. The first-order valence-corrected chi connectivity index (χ1v) is 6.85. The molecule has 2 N–H and O–H groups in total. The fourth-order valence-electron chi connectivity index (χ4n) is 2.42. The summed E-state index contributed by atoms with van der Waals surface area (Å²) in [5.74, 6) is 0.792. The minimum Gasteiger partial charge on any atom is -0.456 e. The molecule has 6 nitrogen and oxygen atoms in total. The quantitative estimate of drug-likeness (QED) is 0.897. The molecule has 3 heterocycles. The molecule has 1 aliphatic rings. The second-order valence-corrected chi connectivity index (χ2v) is 5.05. The number of rotatable bonds is 3. The Labute approximate surface area is 117 Å². The van der Waals surface area contributed by atoms with E-state index in [1.165, 1.54) is 0 Å². The van der Waals surface area contributed by atoms with Crippen molar-refractivity contribution >= 4 is 11.6 Å². The van der Waals surface area contributed by atoms with Crippen LogP contribution in [0, 0.1) is 6.92 Å². The Bertz CT molecular complexity index is 596. The van der Waals surface area contributed by atoms with E-state index in [0.717, 1.165) is 31.7 Å². The summed E-state index contributed by atoms with van der Waals surface area (Å²) in [5.41, 5.74) is 0.697. The minimum atomic E-state index is -0.247. The molecule has 0 atom stereocenters. The van der Waals surface area contributed by atoms with Crippen molar-refractivity contribution in [3.05, 3.63) is 36.0 Å². The molecule has 0 bridgehead atoms. The molecule has 0 aliphatic carbocycles. The highest BCUT2D eigenvalue weighted by atomic mass is 16.3. The van der Waals surface area contributed by atoms with Gasteiger partial charge in [0.1, 0.15) is 5.76 Å². The SMILES string of the molecule is Cc1ccc(C(=O)Nc2cnn(C3CCNCC3)c2)o1. The first-order chi connectivity index (χ1) is 9.72. The van der Waals surface area contributed by atoms with Gasteiger partial charge in [-0.25, -0.2) is 0 Å². The van der Waals surface area contributed by atoms with Crippen molar-refractivity contribution in [2.75, 3.05) is 18.4 Å². The summed E-state index contributed by atoms with van der Waals surface area (Å²) in [6, 6.07) is 3.85. The number of anilines is 1. The first kappa shape index (κ1) is 12.9. The summed E-state index contributed by atoms with van der Waals surface area (Å²) in [5, 5.41) is 10.5. The third kappa shape index (κ3) is 2.75. The van der Waals surface area contributed by atoms with Crippen LogP contribution >= 0.6 is 0 Å². The summed E-state index contributed by atoms with van der Waals surface area (Å²) in [4.78, 5) is 12.0. The molecule has 20 heavy (non-hydrogen) atoms. The average Bonchev–Trinajstić information content (AvgIpc) is 3.09. The van der Waals surface area contributed by atoms with Gasteiger partial charge in [-0.3, -0.25) is 9.48 Å². The van der Waals surface area contributed by atoms with Gasteiger partial charge in [-0.05, 0) is 45.0 Å². The number of carbonyl (C=O) groups is 1. The maximum absolute atomic E-state index is 12.0. The molecule has 1 amide bonds. The Morgan fingerprint density at radius 3 is 2.95 bits per heavy atom. The van der Waals surface area contributed by atoms with Crippen molar-refractivity contribution in [1.82, 2.24) is 15.1 Å². The Morgan fingerprint density at radius 2 is 2.25 bits per heavy atom. The van der Waals surface area contributed by atoms with Gasteiger partial charge in [0.25, 0.3) is 5.91 Å². The number of hydrogen-bond acceptors (Lipinski definition) is 4. The lowest BCUT2D eigenvalue weighted by Crippen LogP contribution is -2.29. The minimum absolute atomic E-state index is 0.247. The zero-order valence-electron chi connectivity index (χ0n) is 11.4. The van der Waals surface area contributed by atoms with Crippen LogP contribution in [-0.4, -0.2) is 28.8 Å². The van der Waals surface area contributed by atoms with Crippen molar-refractivity contribution in [2.24, 2.45) is 0 Å². The van der Waals surface area contributed by atoms with Crippen LogP contribution in [0.3, 0.4) is 0 Å². The lowest BCUT2D eigenvalue weighted by atomic mass is 10.1. The first-order valence-electron chi connectivity index (χ1n) is 6.85. The van der Waals surface area contributed by atoms with E-state index in [2.05, 4.69) is 15.7 Å². The Balaban J connectivity index is 1.66. The number of amides is 1. The van der Waals surface area contributed by atoms with Crippen LogP contribution in [0.5, 0.6) is 0 Å². The molecule has 0 unspecified atom stereocenters. The van der Waals surface area contributed by atoms with Crippen LogP contribution in [0.2, 0.25) is 0 Å². The van der Waals surface area contributed by atoms with E-state index >= 15 is 0 Å². The standard InChI is InChI=1S/C14H18N4O2/c1-10-2-3-13(20-10)14(19)17-11-8-16-18(9-11)12-4-6-15-7-5-12/h2-3,8-9,12,15H,4-7H2,1H3,(H,17,19). The van der Waals surface area contributed by atoms with E-state index < -0.39 is 0 Å². The van der Waals surface area contributed by atoms with Gasteiger partial charge in [0.05, 0.1) is 17.9 Å². The highest BCUT2D eigenvalue weighted by molar-refractivity contribution is 6.02. The molecule has 106 valence electrons. The van der Waals surface area contributed by atoms with Crippen molar-refractivity contribution in [3.8, 4) is 0 Å². The molecule has 1 aliphatic heterocycles. The molecule has 1 saturated heterocycles. The van der Waals surface area contributed by atoms with Crippen molar-refractivity contribution < 1.29 is 9.21 Å². The van der Waals surface area contributed by atoms with Crippen molar-refractivity contribution in [1.29, 1.82) is 0 Å². The van der Waals surface area contributed by atoms with Crippen LogP contribution in [0.25, 0.3) is 0 Å².